The third-order valence-corrected chi connectivity index (χ3v) is 3.16. The molecule has 6 nitrogen and oxygen atoms in total. The van der Waals surface area contributed by atoms with Gasteiger partial charge in [-0.25, -0.2) is 0 Å². The van der Waals surface area contributed by atoms with E-state index in [1.165, 1.54) is 0 Å². The summed E-state index contributed by atoms with van der Waals surface area (Å²) < 4.78 is 11.0. The lowest BCUT2D eigenvalue weighted by molar-refractivity contribution is 0.0157. The van der Waals surface area contributed by atoms with Crippen LogP contribution in [0.3, 0.4) is 0 Å². The fraction of sp³-hybridized carbons (Fsp3) is 0.538. The Kier molecular flexibility index (Phi) is 5.11. The Hall–Kier alpha value is -1.66. The van der Waals surface area contributed by atoms with E-state index in [2.05, 4.69) is 10.1 Å². The van der Waals surface area contributed by atoms with E-state index in [4.69, 9.17) is 20.4 Å². The highest BCUT2D eigenvalue weighted by Gasteiger charge is 2.13. The van der Waals surface area contributed by atoms with Crippen LogP contribution in [0.5, 0.6) is 0 Å². The highest BCUT2D eigenvalue weighted by atomic mass is 16.5. The molecule has 6 heteroatoms. The minimum absolute atomic E-state index is 0.00581. The van der Waals surface area contributed by atoms with Gasteiger partial charge >= 0.3 is 0 Å². The summed E-state index contributed by atoms with van der Waals surface area (Å²) in [4.78, 5) is 4.02. The van der Waals surface area contributed by atoms with Crippen LogP contribution in [-0.2, 0) is 16.1 Å². The first-order valence-electron chi connectivity index (χ1n) is 6.38. The maximum Gasteiger partial charge on any atom is 0.188 e. The molecule has 1 aromatic rings. The van der Waals surface area contributed by atoms with Crippen LogP contribution in [0.4, 0.5) is 0 Å². The zero-order valence-corrected chi connectivity index (χ0v) is 10.8. The third-order valence-electron chi connectivity index (χ3n) is 3.16. The molecule has 0 atom stereocenters. The Bertz CT molecular complexity index is 431. The molecule has 0 aliphatic carbocycles. The fourth-order valence-electron chi connectivity index (χ4n) is 2.01. The molecule has 2 rings (SSSR count). The lowest BCUT2D eigenvalue weighted by Crippen LogP contribution is -2.20. The molecule has 0 aromatic carbocycles. The lowest BCUT2D eigenvalue weighted by Gasteiger charge is -2.21. The summed E-state index contributed by atoms with van der Waals surface area (Å²) in [6.45, 7) is 2.91. The summed E-state index contributed by atoms with van der Waals surface area (Å²) in [5.41, 5.74) is 6.91. The SMILES string of the molecule is NC(=NO)c1cc(COCC2CCOCC2)ccn1. The average molecular weight is 265 g/mol. The van der Waals surface area contributed by atoms with Gasteiger partial charge in [0.05, 0.1) is 13.2 Å². The van der Waals surface area contributed by atoms with Gasteiger partial charge < -0.3 is 20.4 Å². The molecule has 1 aliphatic heterocycles. The Morgan fingerprint density at radius 1 is 1.53 bits per heavy atom. The molecule has 1 fully saturated rings. The van der Waals surface area contributed by atoms with Crippen LogP contribution in [-0.4, -0.2) is 35.8 Å². The number of aromatic nitrogens is 1. The van der Waals surface area contributed by atoms with Crippen molar-refractivity contribution < 1.29 is 14.7 Å². The van der Waals surface area contributed by atoms with E-state index in [-0.39, 0.29) is 5.84 Å². The van der Waals surface area contributed by atoms with Crippen LogP contribution in [0.25, 0.3) is 0 Å². The van der Waals surface area contributed by atoms with E-state index in [1.54, 1.807) is 12.3 Å². The summed E-state index contributed by atoms with van der Waals surface area (Å²) in [5, 5.41) is 11.5. The van der Waals surface area contributed by atoms with Gasteiger partial charge in [0.2, 0.25) is 0 Å². The van der Waals surface area contributed by atoms with Crippen molar-refractivity contribution in [3.63, 3.8) is 0 Å². The van der Waals surface area contributed by atoms with E-state index >= 15 is 0 Å². The van der Waals surface area contributed by atoms with Gasteiger partial charge in [-0.3, -0.25) is 4.98 Å². The predicted molar refractivity (Wildman–Crippen MR) is 69.9 cm³/mol. The van der Waals surface area contributed by atoms with Gasteiger partial charge in [0.15, 0.2) is 5.84 Å². The predicted octanol–water partition coefficient (Wildman–Crippen LogP) is 1.12. The van der Waals surface area contributed by atoms with Crippen molar-refractivity contribution in [2.45, 2.75) is 19.4 Å². The van der Waals surface area contributed by atoms with Crippen molar-refractivity contribution in [1.82, 2.24) is 4.98 Å². The number of nitrogens with zero attached hydrogens (tertiary/aromatic N) is 2. The van der Waals surface area contributed by atoms with Gasteiger partial charge in [-0.05, 0) is 36.5 Å². The maximum atomic E-state index is 8.61. The highest BCUT2D eigenvalue weighted by molar-refractivity contribution is 5.95. The van der Waals surface area contributed by atoms with Crippen LogP contribution in [0.2, 0.25) is 0 Å². The number of nitrogens with two attached hydrogens (primary N) is 1. The molecule has 1 saturated heterocycles. The molecule has 0 radical (unpaired) electrons. The summed E-state index contributed by atoms with van der Waals surface area (Å²) in [6, 6.07) is 3.62. The van der Waals surface area contributed by atoms with Gasteiger partial charge in [-0.1, -0.05) is 5.16 Å². The first kappa shape index (κ1) is 13.8. The maximum absolute atomic E-state index is 8.61. The molecule has 0 spiro atoms. The van der Waals surface area contributed by atoms with Crippen LogP contribution in [0.1, 0.15) is 24.1 Å². The summed E-state index contributed by atoms with van der Waals surface area (Å²) >= 11 is 0. The van der Waals surface area contributed by atoms with Crippen molar-refractivity contribution >= 4 is 5.84 Å². The average Bonchev–Trinajstić information content (AvgIpc) is 2.48. The third kappa shape index (κ3) is 4.18. The molecule has 0 unspecified atom stereocenters. The van der Waals surface area contributed by atoms with E-state index in [0.717, 1.165) is 38.2 Å². The van der Waals surface area contributed by atoms with Crippen molar-refractivity contribution in [2.75, 3.05) is 19.8 Å². The quantitative estimate of drug-likeness (QED) is 0.360. The number of pyridine rings is 1. The molecule has 19 heavy (non-hydrogen) atoms. The summed E-state index contributed by atoms with van der Waals surface area (Å²) in [7, 11) is 0. The number of ether oxygens (including phenoxy) is 2. The van der Waals surface area contributed by atoms with Gasteiger partial charge in [-0.2, -0.15) is 0 Å². The number of hydrogen-bond acceptors (Lipinski definition) is 5. The second-order valence-corrected chi connectivity index (χ2v) is 4.61. The van der Waals surface area contributed by atoms with Gasteiger partial charge in [0.25, 0.3) is 0 Å². The molecule has 0 saturated carbocycles. The first-order chi connectivity index (χ1) is 9.29. The fourth-order valence-corrected chi connectivity index (χ4v) is 2.01. The largest absolute Gasteiger partial charge is 0.409 e. The normalized spacial score (nSPS) is 17.6. The topological polar surface area (TPSA) is 90.0 Å². The second kappa shape index (κ2) is 7.06. The standard InChI is InChI=1S/C13H19N3O3/c14-13(16-17)12-7-11(1-4-15-12)9-19-8-10-2-5-18-6-3-10/h1,4,7,10,17H,2-3,5-6,8-9H2,(H2,14,16). The summed E-state index contributed by atoms with van der Waals surface area (Å²) in [5.74, 6) is 0.588. The monoisotopic (exact) mass is 265 g/mol. The van der Waals surface area contributed by atoms with Crippen LogP contribution >= 0.6 is 0 Å². The highest BCUT2D eigenvalue weighted by Crippen LogP contribution is 2.15. The molecule has 3 N–H and O–H groups in total. The van der Waals surface area contributed by atoms with E-state index < -0.39 is 0 Å². The molecule has 0 amide bonds. The number of oxime groups is 1. The van der Waals surface area contributed by atoms with Crippen LogP contribution in [0, 0.1) is 5.92 Å². The number of hydrogen-bond donors (Lipinski definition) is 2. The minimum atomic E-state index is 0.00581. The van der Waals surface area contributed by atoms with E-state index in [9.17, 15) is 0 Å². The lowest BCUT2D eigenvalue weighted by atomic mass is 10.0. The molecule has 0 bridgehead atoms. The second-order valence-electron chi connectivity index (χ2n) is 4.61. The Morgan fingerprint density at radius 2 is 2.32 bits per heavy atom. The minimum Gasteiger partial charge on any atom is -0.409 e. The van der Waals surface area contributed by atoms with Gasteiger partial charge in [-0.15, -0.1) is 0 Å². The summed E-state index contributed by atoms with van der Waals surface area (Å²) in [6.07, 6.45) is 3.75. The number of rotatable bonds is 5. The zero-order valence-electron chi connectivity index (χ0n) is 10.8. The van der Waals surface area contributed by atoms with Crippen molar-refractivity contribution in [1.29, 1.82) is 0 Å². The van der Waals surface area contributed by atoms with Crippen molar-refractivity contribution in [3.8, 4) is 0 Å². The first-order valence-corrected chi connectivity index (χ1v) is 6.38. The molecule has 104 valence electrons. The zero-order chi connectivity index (χ0) is 13.5. The molecule has 1 aromatic heterocycles. The van der Waals surface area contributed by atoms with Gasteiger partial charge in [0, 0.05) is 19.4 Å². The van der Waals surface area contributed by atoms with Crippen LogP contribution < -0.4 is 5.73 Å². The van der Waals surface area contributed by atoms with Crippen molar-refractivity contribution in [3.05, 3.63) is 29.6 Å². The Labute approximate surface area is 112 Å². The van der Waals surface area contributed by atoms with E-state index in [1.807, 2.05) is 6.07 Å². The Balaban J connectivity index is 1.82. The smallest absolute Gasteiger partial charge is 0.188 e. The molecular formula is C13H19N3O3. The van der Waals surface area contributed by atoms with Gasteiger partial charge in [0.1, 0.15) is 5.69 Å². The molecule has 2 heterocycles. The van der Waals surface area contributed by atoms with E-state index in [0.29, 0.717) is 18.2 Å². The van der Waals surface area contributed by atoms with Crippen LogP contribution in [0.15, 0.2) is 23.5 Å². The number of amidine groups is 1. The molecule has 1 aliphatic rings. The molecular weight excluding hydrogens is 246 g/mol. The Morgan fingerprint density at radius 3 is 3.05 bits per heavy atom. The van der Waals surface area contributed by atoms with Crippen molar-refractivity contribution in [2.24, 2.45) is 16.8 Å².